The van der Waals surface area contributed by atoms with Crippen LogP contribution in [0.2, 0.25) is 0 Å². The Morgan fingerprint density at radius 1 is 1.28 bits per heavy atom. The molecule has 0 radical (unpaired) electrons. The van der Waals surface area contributed by atoms with Crippen LogP contribution in [0.25, 0.3) is 0 Å². The highest BCUT2D eigenvalue weighted by Gasteiger charge is 2.45. The lowest BCUT2D eigenvalue weighted by molar-refractivity contribution is -0.151. The maximum absolute atomic E-state index is 13.9. The van der Waals surface area contributed by atoms with Gasteiger partial charge < -0.3 is 24.2 Å². The second kappa shape index (κ2) is 11.8. The van der Waals surface area contributed by atoms with Crippen molar-refractivity contribution in [3.05, 3.63) is 57.2 Å². The summed E-state index contributed by atoms with van der Waals surface area (Å²) in [6, 6.07) is 7.85. The normalized spacial score (nSPS) is 25.5. The first-order chi connectivity index (χ1) is 17.6. The molecule has 36 heavy (non-hydrogen) atoms. The maximum Gasteiger partial charge on any atom is 0.380 e. The Kier molecular flexibility index (Phi) is 8.30. The van der Waals surface area contributed by atoms with Crippen LogP contribution in [0, 0.1) is 17.6 Å². The number of para-hydroxylation sites is 1. The van der Waals surface area contributed by atoms with Crippen LogP contribution >= 0.6 is 19.8 Å². The van der Waals surface area contributed by atoms with E-state index < -0.39 is 68.4 Å². The fourth-order valence-corrected chi connectivity index (χ4v) is 5.35. The van der Waals surface area contributed by atoms with Gasteiger partial charge in [0.15, 0.2) is 11.0 Å². The number of benzene rings is 1. The third-order valence-electron chi connectivity index (χ3n) is 5.21. The van der Waals surface area contributed by atoms with E-state index in [4.69, 9.17) is 33.5 Å². The lowest BCUT2D eigenvalue weighted by atomic mass is 10.1. The van der Waals surface area contributed by atoms with Gasteiger partial charge in [-0.15, -0.1) is 0 Å². The Balaban J connectivity index is 1.90. The number of aromatic amines is 1. The van der Waals surface area contributed by atoms with Crippen molar-refractivity contribution in [2.24, 2.45) is 5.92 Å². The summed E-state index contributed by atoms with van der Waals surface area (Å²) in [5, 5.41) is 21.3. The first-order valence-corrected chi connectivity index (χ1v) is 13.4. The van der Waals surface area contributed by atoms with Gasteiger partial charge in [-0.25, -0.2) is 4.57 Å². The van der Waals surface area contributed by atoms with Crippen molar-refractivity contribution >= 4 is 25.8 Å². The summed E-state index contributed by atoms with van der Waals surface area (Å²) in [5.74, 6) is -1.59. The number of carbonyl (C=O) groups is 1. The molecule has 2 heterocycles. The molecule has 0 aliphatic carbocycles. The molecule has 0 bridgehead atoms. The molecule has 13 heteroatoms. The Labute approximate surface area is 216 Å². The first-order valence-electron chi connectivity index (χ1n) is 12.2. The highest BCUT2D eigenvalue weighted by atomic mass is 32.1. The minimum atomic E-state index is -4.45. The second-order valence-corrected chi connectivity index (χ2v) is 11.0. The molecule has 1 fully saturated rings. The number of hydrogen-bond donors (Lipinski definition) is 3. The maximum atomic E-state index is 13.9. The van der Waals surface area contributed by atoms with Crippen molar-refractivity contribution < 1.29 is 40.8 Å². The molecule has 198 valence electrons. The number of esters is 1. The van der Waals surface area contributed by atoms with Crippen molar-refractivity contribution in [1.29, 1.82) is 0 Å². The predicted molar refractivity (Wildman–Crippen MR) is 132 cm³/mol. The lowest BCUT2D eigenvalue weighted by Crippen LogP contribution is -2.34. The number of hydrogen-bond acceptors (Lipinski definition) is 10. The van der Waals surface area contributed by atoms with Gasteiger partial charge in [0.1, 0.15) is 24.1 Å². The molecule has 0 amide bonds. The molecular weight excluding hydrogens is 511 g/mol. The molecule has 6 atom stereocenters. The largest absolute Gasteiger partial charge is 0.463 e. The molecule has 1 aliphatic rings. The Morgan fingerprint density at radius 2 is 1.94 bits per heavy atom. The molecule has 0 saturated carbocycles. The van der Waals surface area contributed by atoms with Gasteiger partial charge in [0.05, 0.1) is 27.5 Å². The number of carbonyl (C=O) groups excluding carboxylic acids is 1. The van der Waals surface area contributed by atoms with E-state index in [-0.39, 0.29) is 16.1 Å². The number of aryl methyl sites for hydroxylation is 1. The van der Waals surface area contributed by atoms with E-state index in [2.05, 4.69) is 4.98 Å². The van der Waals surface area contributed by atoms with Crippen molar-refractivity contribution in [2.75, 3.05) is 12.7 Å². The standard InChI is InChI=1S/C23H31N2O9PS/c1-13(2)32-22(29)15(4)12-35(30,34-16-8-6-5-7-9-16)31-11-17-18(26)19(27)21(33-17)25-10-14(3)20(28)24-23(25)36/h5-10,13,15,17-19,21,26-27H,11-12H2,1-4H3,(H,24,28,36)/t15-,17+,18?,19-,21+,35+/m1/s1/i11D2. The third-order valence-corrected chi connectivity index (χ3v) is 7.39. The van der Waals surface area contributed by atoms with Gasteiger partial charge in [-0.3, -0.25) is 23.7 Å². The van der Waals surface area contributed by atoms with Crippen LogP contribution in [-0.4, -0.2) is 62.9 Å². The smallest absolute Gasteiger partial charge is 0.380 e. The number of H-pyrrole nitrogens is 1. The van der Waals surface area contributed by atoms with Gasteiger partial charge >= 0.3 is 13.6 Å². The summed E-state index contributed by atoms with van der Waals surface area (Å²) in [5.41, 5.74) is -0.228. The van der Waals surface area contributed by atoms with Crippen LogP contribution in [0.5, 0.6) is 5.75 Å². The Morgan fingerprint density at radius 3 is 2.58 bits per heavy atom. The summed E-state index contributed by atoms with van der Waals surface area (Å²) >= 11 is 5.12. The topological polar surface area (TPSA) is 149 Å². The summed E-state index contributed by atoms with van der Waals surface area (Å²) in [7, 11) is -4.45. The fourth-order valence-electron chi connectivity index (χ4n) is 3.39. The van der Waals surface area contributed by atoms with E-state index in [1.807, 2.05) is 0 Å². The molecule has 1 unspecified atom stereocenters. The van der Waals surface area contributed by atoms with Gasteiger partial charge in [0.25, 0.3) is 5.56 Å². The van der Waals surface area contributed by atoms with Crippen LogP contribution < -0.4 is 10.1 Å². The number of ether oxygens (including phenoxy) is 2. The van der Waals surface area contributed by atoms with Crippen LogP contribution in [0.15, 0.2) is 41.3 Å². The van der Waals surface area contributed by atoms with E-state index in [1.165, 1.54) is 36.7 Å². The van der Waals surface area contributed by atoms with Crippen molar-refractivity contribution in [3.8, 4) is 5.75 Å². The van der Waals surface area contributed by atoms with E-state index in [1.54, 1.807) is 32.0 Å². The summed E-state index contributed by atoms with van der Waals surface area (Å²) in [6.45, 7) is 3.24. The van der Waals surface area contributed by atoms with Gasteiger partial charge in [0.2, 0.25) is 0 Å². The molecule has 11 nitrogen and oxygen atoms in total. The van der Waals surface area contributed by atoms with Crippen molar-refractivity contribution in [3.63, 3.8) is 0 Å². The van der Waals surface area contributed by atoms with E-state index in [0.717, 1.165) is 0 Å². The monoisotopic (exact) mass is 544 g/mol. The van der Waals surface area contributed by atoms with Crippen LogP contribution in [0.1, 0.15) is 35.3 Å². The van der Waals surface area contributed by atoms with Gasteiger partial charge in [0, 0.05) is 11.8 Å². The highest BCUT2D eigenvalue weighted by Crippen LogP contribution is 2.50. The number of aromatic nitrogens is 2. The highest BCUT2D eigenvalue weighted by molar-refractivity contribution is 7.71. The number of nitrogens with one attached hydrogen (secondary N) is 1. The van der Waals surface area contributed by atoms with Gasteiger partial charge in [-0.2, -0.15) is 0 Å². The summed E-state index contributed by atoms with van der Waals surface area (Å²) in [4.78, 5) is 26.6. The van der Waals surface area contributed by atoms with Crippen molar-refractivity contribution in [1.82, 2.24) is 9.55 Å². The molecule has 1 aromatic carbocycles. The Hall–Kier alpha value is -2.34. The van der Waals surface area contributed by atoms with Crippen molar-refractivity contribution in [2.45, 2.75) is 58.3 Å². The Bertz CT molecular complexity index is 1300. The molecule has 0 spiro atoms. The zero-order valence-corrected chi connectivity index (χ0v) is 21.9. The molecular formula is C23H31N2O9PS. The van der Waals surface area contributed by atoms with Crippen LogP contribution in [-0.2, 0) is 23.4 Å². The first kappa shape index (κ1) is 25.3. The average Bonchev–Trinajstić information content (AvgIpc) is 3.11. The zero-order valence-electron chi connectivity index (χ0n) is 22.2. The van der Waals surface area contributed by atoms with Gasteiger partial charge in [-0.05, 0) is 45.1 Å². The molecule has 2 aromatic rings. The third kappa shape index (κ3) is 6.90. The fraction of sp³-hybridized carbons (Fsp3) is 0.522. The number of nitrogens with zero attached hydrogens (tertiary/aromatic N) is 1. The van der Waals surface area contributed by atoms with Crippen LogP contribution in [0.3, 0.4) is 0 Å². The summed E-state index contributed by atoms with van der Waals surface area (Å²) in [6.07, 6.45) is -6.48. The minimum absolute atomic E-state index is 0.0943. The predicted octanol–water partition coefficient (Wildman–Crippen LogP) is 2.71. The SMILES string of the molecule is [2H]C([2H])(O[P@@](=O)(C[C@@H](C)C(=O)OC(C)C)Oc1ccccc1)[C@@H]1O[C@H](n2cc(C)c(=O)[nH]c2=S)[C@H](O)C1O. The van der Waals surface area contributed by atoms with Gasteiger partial charge in [-0.1, -0.05) is 25.1 Å². The van der Waals surface area contributed by atoms with E-state index in [0.29, 0.717) is 0 Å². The number of aliphatic hydroxyl groups is 2. The quantitative estimate of drug-likeness (QED) is 0.232. The molecule has 1 saturated heterocycles. The van der Waals surface area contributed by atoms with Crippen LogP contribution in [0.4, 0.5) is 0 Å². The lowest BCUT2D eigenvalue weighted by Gasteiger charge is -2.24. The molecule has 1 aliphatic heterocycles. The van der Waals surface area contributed by atoms with E-state index >= 15 is 0 Å². The number of aliphatic hydroxyl groups excluding tert-OH is 2. The molecule has 3 rings (SSSR count). The second-order valence-electron chi connectivity index (χ2n) is 8.70. The number of rotatable bonds is 10. The zero-order chi connectivity index (χ0) is 28.4. The van der Waals surface area contributed by atoms with E-state index in [9.17, 15) is 24.4 Å². The molecule has 1 aromatic heterocycles. The minimum Gasteiger partial charge on any atom is -0.463 e. The average molecular weight is 545 g/mol. The molecule has 3 N–H and O–H groups in total. The summed E-state index contributed by atoms with van der Waals surface area (Å²) < 4.78 is 53.6.